The summed E-state index contributed by atoms with van der Waals surface area (Å²) in [6.45, 7) is 7.49. The van der Waals surface area contributed by atoms with Gasteiger partial charge in [-0.3, -0.25) is 0 Å². The van der Waals surface area contributed by atoms with Gasteiger partial charge in [-0.2, -0.15) is 0 Å². The normalized spacial score (nSPS) is 11.6. The molecule has 0 N–H and O–H groups in total. The first kappa shape index (κ1) is 14.0. The second kappa shape index (κ2) is 6.12. The van der Waals surface area contributed by atoms with Gasteiger partial charge in [0.05, 0.1) is 5.52 Å². The van der Waals surface area contributed by atoms with Gasteiger partial charge in [0.15, 0.2) is 11.6 Å². The largest absolute Gasteiger partial charge is 0.346 e. The molecule has 0 saturated heterocycles. The van der Waals surface area contributed by atoms with Crippen molar-refractivity contribution < 1.29 is 13.9 Å². The Morgan fingerprint density at radius 1 is 1.21 bits per heavy atom. The summed E-state index contributed by atoms with van der Waals surface area (Å²) < 4.78 is 26.8. The second-order valence-electron chi connectivity index (χ2n) is 4.06. The number of nitrogens with zero attached hydrogens (tertiary/aromatic N) is 2. The van der Waals surface area contributed by atoms with Crippen LogP contribution in [0.4, 0.5) is 4.39 Å². The molecular weight excluding hydrogens is 247 g/mol. The van der Waals surface area contributed by atoms with Crippen LogP contribution in [0.15, 0.2) is 18.2 Å². The van der Waals surface area contributed by atoms with Crippen LogP contribution in [0.1, 0.15) is 32.9 Å². The molecule has 0 bridgehead atoms. The van der Waals surface area contributed by atoms with Crippen LogP contribution in [-0.4, -0.2) is 22.8 Å². The summed E-state index contributed by atoms with van der Waals surface area (Å²) in [4.78, 5) is 4.36. The van der Waals surface area contributed by atoms with Crippen molar-refractivity contribution in [3.8, 4) is 0 Å². The molecule has 0 spiro atoms. The molecule has 5 heteroatoms. The molecule has 0 aliphatic heterocycles. The minimum Gasteiger partial charge on any atom is -0.346 e. The van der Waals surface area contributed by atoms with Crippen LogP contribution in [0.25, 0.3) is 11.0 Å². The van der Waals surface area contributed by atoms with Crippen LogP contribution in [0.5, 0.6) is 0 Å². The number of hydrogen-bond donors (Lipinski definition) is 0. The molecule has 2 aromatic rings. The van der Waals surface area contributed by atoms with E-state index in [0.717, 1.165) is 5.52 Å². The zero-order valence-electron chi connectivity index (χ0n) is 11.5. The Hall–Kier alpha value is -1.46. The summed E-state index contributed by atoms with van der Waals surface area (Å²) in [5.41, 5.74) is 1.13. The fourth-order valence-corrected chi connectivity index (χ4v) is 2.14. The average Bonchev–Trinajstić information content (AvgIpc) is 2.78. The lowest BCUT2D eigenvalue weighted by atomic mass is 10.3. The number of halogens is 1. The van der Waals surface area contributed by atoms with Gasteiger partial charge in [-0.05, 0) is 32.9 Å². The van der Waals surface area contributed by atoms with E-state index in [0.29, 0.717) is 31.1 Å². The van der Waals surface area contributed by atoms with E-state index in [-0.39, 0.29) is 5.82 Å². The maximum atomic E-state index is 13.8. The van der Waals surface area contributed by atoms with Crippen molar-refractivity contribution in [1.29, 1.82) is 0 Å². The molecule has 0 saturated carbocycles. The van der Waals surface area contributed by atoms with E-state index in [9.17, 15) is 4.39 Å². The van der Waals surface area contributed by atoms with Gasteiger partial charge in [-0.25, -0.2) is 9.37 Å². The van der Waals surface area contributed by atoms with Crippen LogP contribution in [0, 0.1) is 5.82 Å². The summed E-state index contributed by atoms with van der Waals surface area (Å²) in [5, 5.41) is 0. The van der Waals surface area contributed by atoms with E-state index in [4.69, 9.17) is 9.47 Å². The molecule has 104 valence electrons. The topological polar surface area (TPSA) is 36.3 Å². The molecule has 0 fully saturated rings. The molecule has 0 radical (unpaired) electrons. The first-order valence-corrected chi connectivity index (χ1v) is 6.60. The highest BCUT2D eigenvalue weighted by molar-refractivity contribution is 5.76. The Balaban J connectivity index is 2.54. The van der Waals surface area contributed by atoms with Gasteiger partial charge in [0.2, 0.25) is 6.29 Å². The van der Waals surface area contributed by atoms with Crippen LogP contribution < -0.4 is 0 Å². The smallest absolute Gasteiger partial charge is 0.217 e. The Kier molecular flexibility index (Phi) is 4.50. The molecule has 0 atom stereocenters. The van der Waals surface area contributed by atoms with Crippen LogP contribution in [0.2, 0.25) is 0 Å². The summed E-state index contributed by atoms with van der Waals surface area (Å²) in [6.07, 6.45) is -0.554. The molecule has 1 aromatic heterocycles. The first-order valence-electron chi connectivity index (χ1n) is 6.60. The van der Waals surface area contributed by atoms with E-state index in [1.807, 2.05) is 31.4 Å². The minimum absolute atomic E-state index is 0.322. The molecular formula is C14H19FN2O2. The van der Waals surface area contributed by atoms with Crippen molar-refractivity contribution in [2.45, 2.75) is 33.6 Å². The molecule has 4 nitrogen and oxygen atoms in total. The first-order chi connectivity index (χ1) is 9.22. The number of hydrogen-bond acceptors (Lipinski definition) is 3. The van der Waals surface area contributed by atoms with Gasteiger partial charge in [0, 0.05) is 19.8 Å². The summed E-state index contributed by atoms with van der Waals surface area (Å²) in [7, 11) is 0. The lowest BCUT2D eigenvalue weighted by Crippen LogP contribution is -2.15. The zero-order valence-corrected chi connectivity index (χ0v) is 11.5. The van der Waals surface area contributed by atoms with Crippen LogP contribution >= 0.6 is 0 Å². The van der Waals surface area contributed by atoms with Crippen molar-refractivity contribution in [3.63, 3.8) is 0 Å². The highest BCUT2D eigenvalue weighted by Crippen LogP contribution is 2.25. The molecule has 0 aliphatic carbocycles. The van der Waals surface area contributed by atoms with E-state index in [2.05, 4.69) is 4.98 Å². The summed E-state index contributed by atoms with van der Waals surface area (Å²) >= 11 is 0. The van der Waals surface area contributed by atoms with E-state index in [1.165, 1.54) is 6.07 Å². The lowest BCUT2D eigenvalue weighted by Gasteiger charge is -2.17. The Labute approximate surface area is 112 Å². The summed E-state index contributed by atoms with van der Waals surface area (Å²) in [5.74, 6) is 0.295. The van der Waals surface area contributed by atoms with Crippen LogP contribution in [-0.2, 0) is 16.0 Å². The maximum Gasteiger partial charge on any atom is 0.217 e. The lowest BCUT2D eigenvalue weighted by molar-refractivity contribution is -0.146. The quantitative estimate of drug-likeness (QED) is 0.753. The number of para-hydroxylation sites is 1. The predicted octanol–water partition coefficient (Wildman–Crippen LogP) is 3.27. The van der Waals surface area contributed by atoms with Crippen molar-refractivity contribution in [2.75, 3.05) is 13.2 Å². The summed E-state index contributed by atoms with van der Waals surface area (Å²) in [6, 6.07) is 4.95. The fourth-order valence-electron chi connectivity index (χ4n) is 2.14. The van der Waals surface area contributed by atoms with E-state index >= 15 is 0 Å². The minimum atomic E-state index is -0.554. The molecule has 2 rings (SSSR count). The molecule has 1 aromatic carbocycles. The van der Waals surface area contributed by atoms with Crippen molar-refractivity contribution >= 4 is 11.0 Å². The number of ether oxygens (including phenoxy) is 2. The van der Waals surface area contributed by atoms with Gasteiger partial charge < -0.3 is 14.0 Å². The standard InChI is InChI=1S/C14H19FN2O2/c1-4-17-11-9-7-8-10(15)12(11)16-13(17)14(18-5-2)19-6-3/h7-9,14H,4-6H2,1-3H3. The third kappa shape index (κ3) is 2.62. The highest BCUT2D eigenvalue weighted by atomic mass is 19.1. The SMILES string of the molecule is CCOC(OCC)c1nc2c(F)cccc2n1CC. The Bertz CT molecular complexity index is 548. The maximum absolute atomic E-state index is 13.8. The van der Waals surface area contributed by atoms with Gasteiger partial charge in [-0.1, -0.05) is 6.07 Å². The third-order valence-electron chi connectivity index (χ3n) is 2.92. The zero-order chi connectivity index (χ0) is 13.8. The third-order valence-corrected chi connectivity index (χ3v) is 2.92. The number of rotatable bonds is 6. The van der Waals surface area contributed by atoms with Crippen molar-refractivity contribution in [3.05, 3.63) is 29.8 Å². The Morgan fingerprint density at radius 2 is 1.89 bits per heavy atom. The van der Waals surface area contributed by atoms with Gasteiger partial charge in [0.1, 0.15) is 5.52 Å². The molecule has 19 heavy (non-hydrogen) atoms. The predicted molar refractivity (Wildman–Crippen MR) is 71.4 cm³/mol. The monoisotopic (exact) mass is 266 g/mol. The number of aromatic nitrogens is 2. The molecule has 0 amide bonds. The molecule has 0 aliphatic rings. The number of aryl methyl sites for hydroxylation is 1. The fraction of sp³-hybridized carbons (Fsp3) is 0.500. The van der Waals surface area contributed by atoms with Crippen molar-refractivity contribution in [1.82, 2.24) is 9.55 Å². The van der Waals surface area contributed by atoms with Crippen molar-refractivity contribution in [2.24, 2.45) is 0 Å². The second-order valence-corrected chi connectivity index (χ2v) is 4.06. The molecule has 1 heterocycles. The Morgan fingerprint density at radius 3 is 2.47 bits per heavy atom. The van der Waals surface area contributed by atoms with Crippen LogP contribution in [0.3, 0.4) is 0 Å². The highest BCUT2D eigenvalue weighted by Gasteiger charge is 2.21. The van der Waals surface area contributed by atoms with Gasteiger partial charge in [-0.15, -0.1) is 0 Å². The number of benzene rings is 1. The van der Waals surface area contributed by atoms with E-state index < -0.39 is 6.29 Å². The number of fused-ring (bicyclic) bond motifs is 1. The van der Waals surface area contributed by atoms with Gasteiger partial charge >= 0.3 is 0 Å². The van der Waals surface area contributed by atoms with Gasteiger partial charge in [0.25, 0.3) is 0 Å². The molecule has 0 unspecified atom stereocenters. The van der Waals surface area contributed by atoms with E-state index in [1.54, 1.807) is 6.07 Å². The average molecular weight is 266 g/mol. The number of imidazole rings is 1.